The molecule has 2 aliphatic carbocycles. The highest BCUT2D eigenvalue weighted by atomic mass is 16.6. The third kappa shape index (κ3) is 2.30. The van der Waals surface area contributed by atoms with E-state index in [2.05, 4.69) is 24.3 Å². The van der Waals surface area contributed by atoms with Crippen molar-refractivity contribution in [2.24, 2.45) is 5.41 Å². The normalized spacial score (nSPS) is 21.8. The lowest BCUT2D eigenvalue weighted by Crippen LogP contribution is -2.71. The highest BCUT2D eigenvalue weighted by molar-refractivity contribution is 5.84. The van der Waals surface area contributed by atoms with Crippen LogP contribution in [0.2, 0.25) is 0 Å². The minimum absolute atomic E-state index is 0.0106. The van der Waals surface area contributed by atoms with E-state index in [1.165, 1.54) is 16.0 Å². The predicted octanol–water partition coefficient (Wildman–Crippen LogP) is 3.87. The number of carbonyl (C=O) groups excluding carboxylic acids is 1. The number of rotatable bonds is 3. The Morgan fingerprint density at radius 1 is 1.04 bits per heavy atom. The van der Waals surface area contributed by atoms with Crippen molar-refractivity contribution in [2.75, 3.05) is 13.2 Å². The number of fused-ring (bicyclic) bond motifs is 3. The van der Waals surface area contributed by atoms with Crippen LogP contribution >= 0.6 is 0 Å². The number of hydrogen-bond donors (Lipinski definition) is 1. The van der Waals surface area contributed by atoms with E-state index in [1.54, 1.807) is 0 Å². The number of nitrogens with zero attached hydrogens (tertiary/aromatic N) is 1. The fourth-order valence-corrected chi connectivity index (χ4v) is 5.04. The lowest BCUT2D eigenvalue weighted by Gasteiger charge is -2.59. The van der Waals surface area contributed by atoms with E-state index in [-0.39, 0.29) is 17.9 Å². The van der Waals surface area contributed by atoms with Gasteiger partial charge in [-0.2, -0.15) is 0 Å². The van der Waals surface area contributed by atoms with Gasteiger partial charge in [-0.05, 0) is 35.1 Å². The molecule has 0 aromatic heterocycles. The first-order chi connectivity index (χ1) is 13.1. The molecule has 0 radical (unpaired) electrons. The molecule has 2 aromatic rings. The van der Waals surface area contributed by atoms with Gasteiger partial charge in [0.25, 0.3) is 0 Å². The Hall–Kier alpha value is -2.82. The zero-order valence-corrected chi connectivity index (χ0v) is 14.9. The molecule has 1 amide bonds. The third-order valence-corrected chi connectivity index (χ3v) is 6.53. The van der Waals surface area contributed by atoms with Gasteiger partial charge in [0, 0.05) is 17.9 Å². The van der Waals surface area contributed by atoms with Crippen molar-refractivity contribution in [2.45, 2.75) is 31.2 Å². The van der Waals surface area contributed by atoms with Crippen LogP contribution in [0, 0.1) is 5.41 Å². The van der Waals surface area contributed by atoms with Gasteiger partial charge in [-0.15, -0.1) is 0 Å². The molecule has 1 atom stereocenters. The number of benzene rings is 2. The smallest absolute Gasteiger partial charge is 0.410 e. The summed E-state index contributed by atoms with van der Waals surface area (Å²) in [5.41, 5.74) is 4.45. The topological polar surface area (TPSA) is 66.8 Å². The zero-order valence-electron chi connectivity index (χ0n) is 14.9. The van der Waals surface area contributed by atoms with Crippen molar-refractivity contribution in [3.05, 3.63) is 59.7 Å². The van der Waals surface area contributed by atoms with E-state index in [0.717, 1.165) is 30.4 Å². The van der Waals surface area contributed by atoms with Gasteiger partial charge in [-0.25, -0.2) is 9.59 Å². The first-order valence-electron chi connectivity index (χ1n) is 9.45. The summed E-state index contributed by atoms with van der Waals surface area (Å²) in [4.78, 5) is 25.6. The first kappa shape index (κ1) is 16.4. The number of ether oxygens (including phenoxy) is 1. The molecule has 0 bridgehead atoms. The third-order valence-electron chi connectivity index (χ3n) is 6.53. The largest absolute Gasteiger partial charge is 0.480 e. The first-order valence-corrected chi connectivity index (χ1v) is 9.45. The maximum Gasteiger partial charge on any atom is 0.410 e. The Labute approximate surface area is 157 Å². The number of amides is 1. The van der Waals surface area contributed by atoms with E-state index < -0.39 is 18.1 Å². The molecule has 138 valence electrons. The highest BCUT2D eigenvalue weighted by Crippen LogP contribution is 2.53. The SMILES string of the molecule is O=C(O)C1N(C(=O)OCC2c3ccccc3-c3ccccc32)CC12CCC2. The Morgan fingerprint density at radius 2 is 1.63 bits per heavy atom. The molecule has 1 heterocycles. The number of hydrogen-bond acceptors (Lipinski definition) is 3. The lowest BCUT2D eigenvalue weighted by molar-refractivity contribution is -0.172. The standard InChI is InChI=1S/C22H21NO4/c24-20(25)19-22(10-5-11-22)13-23(19)21(26)27-12-18-16-8-3-1-6-14(16)15-7-2-4-9-17(15)18/h1-4,6-9,18-19H,5,10-13H2,(H,24,25). The van der Waals surface area contributed by atoms with Gasteiger partial charge in [-0.3, -0.25) is 4.90 Å². The molecule has 1 aliphatic heterocycles. The van der Waals surface area contributed by atoms with Crippen LogP contribution in [-0.4, -0.2) is 41.3 Å². The van der Waals surface area contributed by atoms with Gasteiger partial charge in [0.05, 0.1) is 0 Å². The number of carboxylic acids is 1. The molecule has 1 N–H and O–H groups in total. The van der Waals surface area contributed by atoms with Gasteiger partial charge in [0.15, 0.2) is 0 Å². The molecular weight excluding hydrogens is 342 g/mol. The molecule has 2 aromatic carbocycles. The Balaban J connectivity index is 1.33. The van der Waals surface area contributed by atoms with Gasteiger partial charge in [-0.1, -0.05) is 55.0 Å². The number of likely N-dealkylation sites (tertiary alicyclic amines) is 1. The fraction of sp³-hybridized carbons (Fsp3) is 0.364. The maximum absolute atomic E-state index is 12.6. The van der Waals surface area contributed by atoms with Crippen LogP contribution < -0.4 is 0 Å². The minimum atomic E-state index is -0.922. The monoisotopic (exact) mass is 363 g/mol. The number of carboxylic acid groups (broad SMARTS) is 1. The van der Waals surface area contributed by atoms with E-state index in [1.807, 2.05) is 24.3 Å². The summed E-state index contributed by atoms with van der Waals surface area (Å²) in [5.74, 6) is -0.932. The molecule has 1 saturated carbocycles. The Kier molecular flexibility index (Phi) is 3.54. The highest BCUT2D eigenvalue weighted by Gasteiger charge is 2.61. The van der Waals surface area contributed by atoms with Gasteiger partial charge < -0.3 is 9.84 Å². The van der Waals surface area contributed by atoms with Crippen LogP contribution in [0.3, 0.4) is 0 Å². The van der Waals surface area contributed by atoms with Crippen LogP contribution in [0.25, 0.3) is 11.1 Å². The van der Waals surface area contributed by atoms with Crippen molar-refractivity contribution < 1.29 is 19.4 Å². The zero-order chi connectivity index (χ0) is 18.6. The predicted molar refractivity (Wildman–Crippen MR) is 99.5 cm³/mol. The summed E-state index contributed by atoms with van der Waals surface area (Å²) in [6.07, 6.45) is 2.30. The molecule has 1 spiro atoms. The van der Waals surface area contributed by atoms with E-state index in [0.29, 0.717) is 6.54 Å². The molecular formula is C22H21NO4. The van der Waals surface area contributed by atoms with Gasteiger partial charge in [0.1, 0.15) is 12.6 Å². The molecule has 1 unspecified atom stereocenters. The Bertz CT molecular complexity index is 888. The van der Waals surface area contributed by atoms with Gasteiger partial charge >= 0.3 is 12.1 Å². The van der Waals surface area contributed by atoms with E-state index in [9.17, 15) is 14.7 Å². The molecule has 2 fully saturated rings. The Morgan fingerprint density at radius 3 is 2.15 bits per heavy atom. The summed E-state index contributed by atoms with van der Waals surface area (Å²) in [7, 11) is 0. The van der Waals surface area contributed by atoms with Crippen LogP contribution in [0.5, 0.6) is 0 Å². The average Bonchev–Trinajstić information content (AvgIpc) is 2.91. The van der Waals surface area contributed by atoms with Crippen molar-refractivity contribution >= 4 is 12.1 Å². The molecule has 5 rings (SSSR count). The second-order valence-electron chi connectivity index (χ2n) is 7.89. The van der Waals surface area contributed by atoms with Crippen molar-refractivity contribution in [3.8, 4) is 11.1 Å². The summed E-state index contributed by atoms with van der Waals surface area (Å²) in [5, 5.41) is 9.54. The summed E-state index contributed by atoms with van der Waals surface area (Å²) >= 11 is 0. The lowest BCUT2D eigenvalue weighted by atomic mass is 9.58. The quantitative estimate of drug-likeness (QED) is 0.899. The average molecular weight is 363 g/mol. The number of carbonyl (C=O) groups is 2. The van der Waals surface area contributed by atoms with E-state index in [4.69, 9.17) is 4.74 Å². The molecule has 1 saturated heterocycles. The molecule has 5 nitrogen and oxygen atoms in total. The summed E-state index contributed by atoms with van der Waals surface area (Å²) < 4.78 is 5.61. The van der Waals surface area contributed by atoms with Crippen molar-refractivity contribution in [3.63, 3.8) is 0 Å². The molecule has 27 heavy (non-hydrogen) atoms. The second kappa shape index (κ2) is 5.84. The summed E-state index contributed by atoms with van der Waals surface area (Å²) in [6, 6.07) is 15.6. The minimum Gasteiger partial charge on any atom is -0.480 e. The van der Waals surface area contributed by atoms with Gasteiger partial charge in [0.2, 0.25) is 0 Å². The van der Waals surface area contributed by atoms with Crippen molar-refractivity contribution in [1.29, 1.82) is 0 Å². The maximum atomic E-state index is 12.6. The van der Waals surface area contributed by atoms with Crippen LogP contribution in [0.1, 0.15) is 36.3 Å². The van der Waals surface area contributed by atoms with Crippen LogP contribution in [0.4, 0.5) is 4.79 Å². The fourth-order valence-electron chi connectivity index (χ4n) is 5.04. The summed E-state index contributed by atoms with van der Waals surface area (Å²) in [6.45, 7) is 0.726. The van der Waals surface area contributed by atoms with Crippen LogP contribution in [-0.2, 0) is 9.53 Å². The molecule has 3 aliphatic rings. The second-order valence-corrected chi connectivity index (χ2v) is 7.89. The van der Waals surface area contributed by atoms with Crippen LogP contribution in [0.15, 0.2) is 48.5 Å². The van der Waals surface area contributed by atoms with Crippen molar-refractivity contribution in [1.82, 2.24) is 4.90 Å². The van der Waals surface area contributed by atoms with E-state index >= 15 is 0 Å². The number of aliphatic carboxylic acids is 1. The molecule has 5 heteroatoms.